The van der Waals surface area contributed by atoms with E-state index in [1.54, 1.807) is 11.3 Å². The summed E-state index contributed by atoms with van der Waals surface area (Å²) in [6, 6.07) is 3.45. The molecule has 3 N–H and O–H groups in total. The number of carbonyl (C=O) groups is 2. The minimum Gasteiger partial charge on any atom is -0.480 e. The van der Waals surface area contributed by atoms with Crippen LogP contribution in [0.4, 0.5) is 4.79 Å². The van der Waals surface area contributed by atoms with E-state index < -0.39 is 17.5 Å². The largest absolute Gasteiger partial charge is 0.480 e. The minimum absolute atomic E-state index is 0.402. The number of aliphatic carboxylic acids is 1. The molecule has 1 aromatic heterocycles. The van der Waals surface area contributed by atoms with Crippen molar-refractivity contribution in [3.05, 3.63) is 22.4 Å². The summed E-state index contributed by atoms with van der Waals surface area (Å²) in [6.07, 6.45) is 3.79. The van der Waals surface area contributed by atoms with Crippen LogP contribution in [0.2, 0.25) is 0 Å². The first-order valence-electron chi connectivity index (χ1n) is 7.37. The van der Waals surface area contributed by atoms with Crippen molar-refractivity contribution >= 4 is 23.3 Å². The SMILES string of the molecule is CCC1CCC(NC(=O)NCc2cccs2)(C(=O)O)CC1. The number of amides is 2. The molecule has 0 spiro atoms. The molecule has 0 aromatic carbocycles. The summed E-state index contributed by atoms with van der Waals surface area (Å²) in [7, 11) is 0. The highest BCUT2D eigenvalue weighted by atomic mass is 32.1. The number of carbonyl (C=O) groups excluding carboxylic acids is 1. The molecule has 0 bridgehead atoms. The molecule has 1 aliphatic carbocycles. The van der Waals surface area contributed by atoms with E-state index in [4.69, 9.17) is 0 Å². The van der Waals surface area contributed by atoms with Crippen LogP contribution in [0.1, 0.15) is 43.9 Å². The van der Waals surface area contributed by atoms with Crippen LogP contribution < -0.4 is 10.6 Å². The van der Waals surface area contributed by atoms with Crippen LogP contribution in [0.25, 0.3) is 0 Å². The molecule has 0 atom stereocenters. The Balaban J connectivity index is 1.90. The lowest BCUT2D eigenvalue weighted by molar-refractivity contribution is -0.146. The van der Waals surface area contributed by atoms with Gasteiger partial charge in [0.1, 0.15) is 5.54 Å². The number of thiophene rings is 1. The van der Waals surface area contributed by atoms with E-state index in [0.29, 0.717) is 25.3 Å². The van der Waals surface area contributed by atoms with E-state index in [-0.39, 0.29) is 0 Å². The standard InChI is InChI=1S/C15H22N2O3S/c1-2-11-5-7-15(8-6-11,13(18)19)17-14(20)16-10-12-4-3-9-21-12/h3-4,9,11H,2,5-8,10H2,1H3,(H,18,19)(H2,16,17,20). The first-order valence-corrected chi connectivity index (χ1v) is 8.25. The van der Waals surface area contributed by atoms with E-state index >= 15 is 0 Å². The van der Waals surface area contributed by atoms with Gasteiger partial charge in [-0.25, -0.2) is 9.59 Å². The zero-order chi connectivity index (χ0) is 15.3. The predicted molar refractivity (Wildman–Crippen MR) is 82.3 cm³/mol. The number of urea groups is 1. The Kier molecular flexibility index (Phi) is 5.22. The molecule has 1 saturated carbocycles. The highest BCUT2D eigenvalue weighted by Gasteiger charge is 2.42. The molecule has 5 nitrogen and oxygen atoms in total. The molecule has 1 aliphatic rings. The van der Waals surface area contributed by atoms with Gasteiger partial charge in [-0.15, -0.1) is 11.3 Å². The lowest BCUT2D eigenvalue weighted by Gasteiger charge is -2.37. The zero-order valence-electron chi connectivity index (χ0n) is 12.2. The lowest BCUT2D eigenvalue weighted by atomic mass is 9.75. The third-order valence-corrected chi connectivity index (χ3v) is 5.18. The van der Waals surface area contributed by atoms with Crippen molar-refractivity contribution in [2.24, 2.45) is 5.92 Å². The average Bonchev–Trinajstić information content (AvgIpc) is 2.99. The summed E-state index contributed by atoms with van der Waals surface area (Å²) in [6.45, 7) is 2.55. The van der Waals surface area contributed by atoms with Crippen molar-refractivity contribution in [2.45, 2.75) is 51.1 Å². The van der Waals surface area contributed by atoms with Gasteiger partial charge in [-0.3, -0.25) is 0 Å². The molecule has 0 unspecified atom stereocenters. The first-order chi connectivity index (χ1) is 10.1. The fourth-order valence-electron chi connectivity index (χ4n) is 2.81. The summed E-state index contributed by atoms with van der Waals surface area (Å²) in [5.41, 5.74) is -1.11. The molecule has 2 rings (SSSR count). The molecule has 116 valence electrons. The second kappa shape index (κ2) is 6.93. The zero-order valence-corrected chi connectivity index (χ0v) is 13.0. The fourth-order valence-corrected chi connectivity index (χ4v) is 3.46. The van der Waals surface area contributed by atoms with Crippen molar-refractivity contribution < 1.29 is 14.7 Å². The normalized spacial score (nSPS) is 25.3. The summed E-state index contributed by atoms with van der Waals surface area (Å²) in [5, 5.41) is 16.9. The van der Waals surface area contributed by atoms with Gasteiger partial charge < -0.3 is 15.7 Å². The van der Waals surface area contributed by atoms with Crippen molar-refractivity contribution in [2.75, 3.05) is 0 Å². The van der Waals surface area contributed by atoms with Crippen LogP contribution in [0.3, 0.4) is 0 Å². The third kappa shape index (κ3) is 3.97. The van der Waals surface area contributed by atoms with Gasteiger partial charge in [-0.2, -0.15) is 0 Å². The molecule has 1 heterocycles. The Morgan fingerprint density at radius 3 is 2.67 bits per heavy atom. The van der Waals surface area contributed by atoms with Gasteiger partial charge in [0.25, 0.3) is 0 Å². The summed E-state index contributed by atoms with van der Waals surface area (Å²) >= 11 is 1.56. The topological polar surface area (TPSA) is 78.4 Å². The van der Waals surface area contributed by atoms with Gasteiger partial charge in [0, 0.05) is 4.88 Å². The summed E-state index contributed by atoms with van der Waals surface area (Å²) in [4.78, 5) is 24.6. The number of carboxylic acids is 1. The number of hydrogen-bond donors (Lipinski definition) is 3. The number of nitrogens with one attached hydrogen (secondary N) is 2. The number of carboxylic acid groups (broad SMARTS) is 1. The van der Waals surface area contributed by atoms with Gasteiger partial charge in [0.2, 0.25) is 0 Å². The minimum atomic E-state index is -1.11. The van der Waals surface area contributed by atoms with Crippen molar-refractivity contribution in [3.8, 4) is 0 Å². The molecule has 2 amide bonds. The van der Waals surface area contributed by atoms with Crippen molar-refractivity contribution in [1.82, 2.24) is 10.6 Å². The van der Waals surface area contributed by atoms with Crippen molar-refractivity contribution in [3.63, 3.8) is 0 Å². The van der Waals surface area contributed by atoms with Gasteiger partial charge in [0.15, 0.2) is 0 Å². The van der Waals surface area contributed by atoms with Gasteiger partial charge in [-0.05, 0) is 43.0 Å². The molecule has 0 aliphatic heterocycles. The van der Waals surface area contributed by atoms with Gasteiger partial charge >= 0.3 is 12.0 Å². The Bertz CT molecular complexity index is 479. The monoisotopic (exact) mass is 310 g/mol. The second-order valence-electron chi connectivity index (χ2n) is 5.63. The number of rotatable bonds is 5. The maximum atomic E-state index is 12.0. The summed E-state index contributed by atoms with van der Waals surface area (Å²) < 4.78 is 0. The molecular formula is C15H22N2O3S. The quantitative estimate of drug-likeness (QED) is 0.782. The van der Waals surface area contributed by atoms with Crippen molar-refractivity contribution in [1.29, 1.82) is 0 Å². The van der Waals surface area contributed by atoms with Gasteiger partial charge in [-0.1, -0.05) is 19.4 Å². The first kappa shape index (κ1) is 15.8. The Labute approximate surface area is 128 Å². The fraction of sp³-hybridized carbons (Fsp3) is 0.600. The molecule has 1 fully saturated rings. The number of hydrogen-bond acceptors (Lipinski definition) is 3. The maximum Gasteiger partial charge on any atom is 0.329 e. The van der Waals surface area contributed by atoms with Crippen LogP contribution in [-0.4, -0.2) is 22.6 Å². The molecule has 0 radical (unpaired) electrons. The average molecular weight is 310 g/mol. The molecule has 1 aromatic rings. The van der Waals surface area contributed by atoms with E-state index in [1.165, 1.54) is 0 Å². The van der Waals surface area contributed by atoms with Gasteiger partial charge in [0.05, 0.1) is 6.54 Å². The van der Waals surface area contributed by atoms with E-state index in [1.807, 2.05) is 17.5 Å². The third-order valence-electron chi connectivity index (χ3n) is 4.30. The van der Waals surface area contributed by atoms with Crippen LogP contribution in [0.15, 0.2) is 17.5 Å². The van der Waals surface area contributed by atoms with E-state index in [0.717, 1.165) is 24.1 Å². The van der Waals surface area contributed by atoms with E-state index in [2.05, 4.69) is 17.6 Å². The predicted octanol–water partition coefficient (Wildman–Crippen LogP) is 2.97. The Morgan fingerprint density at radius 2 is 2.14 bits per heavy atom. The van der Waals surface area contributed by atoms with Crippen LogP contribution in [0.5, 0.6) is 0 Å². The summed E-state index contributed by atoms with van der Waals surface area (Å²) in [5.74, 6) is -0.350. The van der Waals surface area contributed by atoms with Crippen LogP contribution in [-0.2, 0) is 11.3 Å². The lowest BCUT2D eigenvalue weighted by Crippen LogP contribution is -2.58. The maximum absolute atomic E-state index is 12.0. The molecule has 21 heavy (non-hydrogen) atoms. The van der Waals surface area contributed by atoms with Crippen LogP contribution in [0, 0.1) is 5.92 Å². The van der Waals surface area contributed by atoms with Crippen LogP contribution >= 0.6 is 11.3 Å². The Morgan fingerprint density at radius 1 is 1.43 bits per heavy atom. The molecule has 0 saturated heterocycles. The molecular weight excluding hydrogens is 288 g/mol. The highest BCUT2D eigenvalue weighted by Crippen LogP contribution is 2.34. The van der Waals surface area contributed by atoms with E-state index in [9.17, 15) is 14.7 Å². The Hall–Kier alpha value is -1.56. The smallest absolute Gasteiger partial charge is 0.329 e. The highest BCUT2D eigenvalue weighted by molar-refractivity contribution is 7.09. The second-order valence-corrected chi connectivity index (χ2v) is 6.66. The molecule has 6 heteroatoms.